The molecule has 7 heterocycles. The number of anilines is 1. The summed E-state index contributed by atoms with van der Waals surface area (Å²) >= 11 is 0. The van der Waals surface area contributed by atoms with Crippen LogP contribution in [0.5, 0.6) is 5.75 Å². The van der Waals surface area contributed by atoms with Crippen LogP contribution in [0.1, 0.15) is 75.8 Å². The van der Waals surface area contributed by atoms with E-state index in [1.165, 1.54) is 21.0 Å². The van der Waals surface area contributed by atoms with Gasteiger partial charge in [-0.05, 0) is 49.1 Å². The maximum Gasteiger partial charge on any atom is 0.344 e. The summed E-state index contributed by atoms with van der Waals surface area (Å²) in [5.41, 5.74) is -1.60. The van der Waals surface area contributed by atoms with Crippen LogP contribution >= 0.6 is 0 Å². The molecule has 320 valence electrons. The van der Waals surface area contributed by atoms with E-state index in [0.29, 0.717) is 75.4 Å². The number of quaternary nitrogens is 1. The van der Waals surface area contributed by atoms with Gasteiger partial charge >= 0.3 is 17.9 Å². The van der Waals surface area contributed by atoms with Crippen molar-refractivity contribution in [3.63, 3.8) is 0 Å². The van der Waals surface area contributed by atoms with Gasteiger partial charge in [0, 0.05) is 91.3 Å². The maximum absolute atomic E-state index is 14.9. The first-order chi connectivity index (χ1) is 28.6. The molecule has 10 rings (SSSR count). The van der Waals surface area contributed by atoms with Crippen LogP contribution in [-0.2, 0) is 50.8 Å². The molecule has 0 radical (unpaired) electrons. The predicted octanol–water partition coefficient (Wildman–Crippen LogP) is 4.37. The number of piperidine rings is 1. The Labute approximate surface area is 349 Å². The fourth-order valence-electron chi connectivity index (χ4n) is 14.0. The van der Waals surface area contributed by atoms with Gasteiger partial charge in [-0.1, -0.05) is 44.2 Å². The SMILES string of the molecule is CC[C@]12C[N+]3([O-])CCc4c([nH]c5ccccc45)[C@@](OC(C)=O)(c4cc5c(cc4OC)N(C)C4C56CCN5CC=C[C@](CC)([C@H]56)[C@@H](OC(C)=O)[C@]4(O)C(=O)OC)C[C@@H](C3)[C@H]1O2. The zero-order chi connectivity index (χ0) is 42.4. The lowest BCUT2D eigenvalue weighted by molar-refractivity contribution is -0.890. The number of aromatic nitrogens is 1. The third-order valence-electron chi connectivity index (χ3n) is 16.0. The highest BCUT2D eigenvalue weighted by atomic mass is 16.6. The molecular formula is C46H56N4O10. The zero-order valence-corrected chi connectivity index (χ0v) is 35.5. The minimum Gasteiger partial charge on any atom is -0.633 e. The molecule has 60 heavy (non-hydrogen) atoms. The Morgan fingerprint density at radius 1 is 1.07 bits per heavy atom. The van der Waals surface area contributed by atoms with Crippen LogP contribution in [-0.4, -0.2) is 127 Å². The summed E-state index contributed by atoms with van der Waals surface area (Å²) in [6.45, 7) is 9.12. The van der Waals surface area contributed by atoms with E-state index in [-0.39, 0.29) is 24.5 Å². The Morgan fingerprint density at radius 3 is 2.55 bits per heavy atom. The number of methoxy groups -OCH3 is 2. The molecule has 1 saturated carbocycles. The molecule has 3 aromatic rings. The number of nitrogens with one attached hydrogen (secondary N) is 1. The number of epoxide rings is 1. The van der Waals surface area contributed by atoms with E-state index in [9.17, 15) is 24.7 Å². The highest BCUT2D eigenvalue weighted by Crippen LogP contribution is 2.68. The molecule has 3 saturated heterocycles. The first-order valence-electron chi connectivity index (χ1n) is 21.5. The molecule has 1 aromatic heterocycles. The van der Waals surface area contributed by atoms with Crippen LogP contribution in [0.25, 0.3) is 10.9 Å². The van der Waals surface area contributed by atoms with E-state index in [0.717, 1.165) is 27.7 Å². The Kier molecular flexibility index (Phi) is 8.61. The van der Waals surface area contributed by atoms with Crippen molar-refractivity contribution in [3.8, 4) is 5.75 Å². The van der Waals surface area contributed by atoms with Crippen LogP contribution in [0.4, 0.5) is 5.69 Å². The van der Waals surface area contributed by atoms with E-state index in [4.69, 9.17) is 23.7 Å². The van der Waals surface area contributed by atoms with Crippen LogP contribution in [0.3, 0.4) is 0 Å². The molecule has 3 unspecified atom stereocenters. The predicted molar refractivity (Wildman–Crippen MR) is 220 cm³/mol. The number of aromatic amines is 1. The summed E-state index contributed by atoms with van der Waals surface area (Å²) in [4.78, 5) is 49.3. The fourth-order valence-corrected chi connectivity index (χ4v) is 14.0. The first kappa shape index (κ1) is 39.7. The Bertz CT molecular complexity index is 2360. The molecule has 11 atom stereocenters. The van der Waals surface area contributed by atoms with Gasteiger partial charge in [-0.25, -0.2) is 4.79 Å². The number of fused-ring (bicyclic) bond motifs is 8. The van der Waals surface area contributed by atoms with Crippen molar-refractivity contribution in [1.82, 2.24) is 9.88 Å². The molecule has 4 fully saturated rings. The standard InChI is InChI=1S/C46H56N4O10/c1-8-42-16-12-18-49-19-17-44(38(42)49)31-21-32(35(56-6)22-34(31)48(5)39(44)46(54,41(53)57-7)40(42)58-26(3)51)45(59-27(4)52)23-28-24-50(55,25-43(9-2)37(28)60-43)20-15-30-29-13-10-11-14-33(29)47-36(30)45/h10-14,16,21-22,28,37-40,47,54H,8-9,15,17-20,23-25H2,1-7H3/t28-,37+,38-,39?,40+,42+,43-,44?,45-,46-,50?/m0/s1. The Hall–Kier alpha value is -4.47. The number of H-pyrrole nitrogens is 1. The van der Waals surface area contributed by atoms with Crippen molar-refractivity contribution in [2.45, 2.75) is 106 Å². The number of hydroxylamine groups is 3. The quantitative estimate of drug-likeness (QED) is 0.0865. The summed E-state index contributed by atoms with van der Waals surface area (Å²) in [5.74, 6) is -1.83. The second kappa shape index (κ2) is 13.0. The number of para-hydroxylation sites is 1. The highest BCUT2D eigenvalue weighted by molar-refractivity contribution is 5.88. The van der Waals surface area contributed by atoms with Crippen LogP contribution in [0.2, 0.25) is 0 Å². The minimum absolute atomic E-state index is 0.188. The van der Waals surface area contributed by atoms with Crippen molar-refractivity contribution < 1.29 is 47.8 Å². The summed E-state index contributed by atoms with van der Waals surface area (Å²) in [6, 6.07) is 10.8. The number of nitrogens with zero attached hydrogens (tertiary/aromatic N) is 3. The van der Waals surface area contributed by atoms with Gasteiger partial charge in [0.25, 0.3) is 0 Å². The van der Waals surface area contributed by atoms with Gasteiger partial charge in [0.05, 0.1) is 39.0 Å². The van der Waals surface area contributed by atoms with Gasteiger partial charge in [-0.2, -0.15) is 0 Å². The van der Waals surface area contributed by atoms with Gasteiger partial charge in [-0.3, -0.25) is 14.5 Å². The Balaban J connectivity index is 1.28. The van der Waals surface area contributed by atoms with Crippen LogP contribution < -0.4 is 9.64 Å². The summed E-state index contributed by atoms with van der Waals surface area (Å²) < 4.78 is 31.0. The molecule has 14 nitrogen and oxygen atoms in total. The normalized spacial score (nSPS) is 39.5. The number of carbonyl (C=O) groups is 3. The van der Waals surface area contributed by atoms with Gasteiger partial charge < -0.3 is 48.5 Å². The van der Waals surface area contributed by atoms with Crippen molar-refractivity contribution in [2.24, 2.45) is 11.3 Å². The largest absolute Gasteiger partial charge is 0.633 e. The van der Waals surface area contributed by atoms with E-state index in [1.807, 2.05) is 61.4 Å². The average Bonchev–Trinajstić information content (AvgIpc) is 3.49. The number of esters is 3. The molecular weight excluding hydrogens is 769 g/mol. The number of rotatable bonds is 7. The molecule has 2 bridgehead atoms. The molecule has 2 aromatic carbocycles. The second-order valence-electron chi connectivity index (χ2n) is 18.7. The van der Waals surface area contributed by atoms with E-state index < -0.39 is 62.3 Å². The number of ether oxygens (including phenoxy) is 5. The molecule has 1 spiro atoms. The van der Waals surface area contributed by atoms with Gasteiger partial charge in [0.15, 0.2) is 11.7 Å². The topological polar surface area (TPSA) is 166 Å². The lowest BCUT2D eigenvalue weighted by Crippen LogP contribution is -2.81. The Morgan fingerprint density at radius 2 is 1.85 bits per heavy atom. The second-order valence-corrected chi connectivity index (χ2v) is 18.7. The smallest absolute Gasteiger partial charge is 0.344 e. The fraction of sp³-hybridized carbons (Fsp3) is 0.587. The minimum atomic E-state index is -2.31. The number of hydrogen-bond acceptors (Lipinski definition) is 12. The average molecular weight is 825 g/mol. The molecule has 2 N–H and O–H groups in total. The number of carbonyl (C=O) groups excluding carboxylic acids is 3. The molecule has 0 amide bonds. The van der Waals surface area contributed by atoms with E-state index in [2.05, 4.69) is 22.9 Å². The van der Waals surface area contributed by atoms with Crippen molar-refractivity contribution in [2.75, 3.05) is 58.9 Å². The lowest BCUT2D eigenvalue weighted by Gasteiger charge is -2.63. The van der Waals surface area contributed by atoms with E-state index in [1.54, 1.807) is 7.11 Å². The van der Waals surface area contributed by atoms with E-state index >= 15 is 0 Å². The third kappa shape index (κ3) is 4.91. The molecule has 7 aliphatic rings. The van der Waals surface area contributed by atoms with Gasteiger partial charge in [0.2, 0.25) is 5.60 Å². The van der Waals surface area contributed by atoms with Crippen molar-refractivity contribution in [1.29, 1.82) is 0 Å². The van der Waals surface area contributed by atoms with Crippen molar-refractivity contribution in [3.05, 3.63) is 76.1 Å². The summed E-state index contributed by atoms with van der Waals surface area (Å²) in [7, 11) is 4.70. The molecule has 6 aliphatic heterocycles. The summed E-state index contributed by atoms with van der Waals surface area (Å²) in [6.07, 6.45) is 5.04. The summed E-state index contributed by atoms with van der Waals surface area (Å²) in [5, 5.41) is 29.2. The number of aliphatic hydroxyl groups is 1. The third-order valence-corrected chi connectivity index (χ3v) is 16.0. The van der Waals surface area contributed by atoms with Gasteiger partial charge in [-0.15, -0.1) is 0 Å². The monoisotopic (exact) mass is 824 g/mol. The maximum atomic E-state index is 14.9. The number of benzene rings is 2. The van der Waals surface area contributed by atoms with Crippen molar-refractivity contribution >= 4 is 34.5 Å². The molecule has 14 heteroatoms. The van der Waals surface area contributed by atoms with Crippen LogP contribution in [0.15, 0.2) is 48.6 Å². The lowest BCUT2D eigenvalue weighted by atomic mass is 9.47. The number of hydrogen-bond donors (Lipinski definition) is 2. The first-order valence-corrected chi connectivity index (χ1v) is 21.5. The highest BCUT2D eigenvalue weighted by Gasteiger charge is 2.80. The van der Waals surface area contributed by atoms with Crippen LogP contribution in [0, 0.1) is 16.5 Å². The zero-order valence-electron chi connectivity index (χ0n) is 35.5. The van der Waals surface area contributed by atoms with Gasteiger partial charge in [0.1, 0.15) is 24.0 Å². The molecule has 1 aliphatic carbocycles. The number of likely N-dealkylation sites (N-methyl/N-ethyl adjacent to an activating group) is 1.